The molecule has 6 nitrogen and oxygen atoms in total. The zero-order valence-corrected chi connectivity index (χ0v) is 14.5. The van der Waals surface area contributed by atoms with Crippen molar-refractivity contribution in [1.29, 1.82) is 0 Å². The van der Waals surface area contributed by atoms with E-state index in [0.29, 0.717) is 5.56 Å². The van der Waals surface area contributed by atoms with E-state index in [4.69, 9.17) is 22.1 Å². The summed E-state index contributed by atoms with van der Waals surface area (Å²) in [6.07, 6.45) is 1.24. The van der Waals surface area contributed by atoms with Crippen LogP contribution >= 0.6 is 24.0 Å². The third kappa shape index (κ3) is 4.89. The maximum Gasteiger partial charge on any atom is 0.387 e. The third-order valence-corrected chi connectivity index (χ3v) is 4.50. The number of ether oxygens (including phenoxy) is 2. The van der Waals surface area contributed by atoms with E-state index in [0.717, 1.165) is 11.8 Å². The van der Waals surface area contributed by atoms with E-state index in [1.165, 1.54) is 30.2 Å². The zero-order chi connectivity index (χ0) is 18.6. The van der Waals surface area contributed by atoms with Crippen LogP contribution in [-0.2, 0) is 9.59 Å². The fraction of sp³-hybridized carbons (Fsp3) is 0.267. The van der Waals surface area contributed by atoms with Gasteiger partial charge in [-0.2, -0.15) is 8.78 Å². The molecule has 0 aromatic heterocycles. The maximum atomic E-state index is 12.5. The number of thioether (sulfide) groups is 1. The van der Waals surface area contributed by atoms with Gasteiger partial charge in [0.2, 0.25) is 0 Å². The van der Waals surface area contributed by atoms with Crippen LogP contribution < -0.4 is 9.47 Å². The van der Waals surface area contributed by atoms with Crippen LogP contribution in [-0.4, -0.2) is 46.5 Å². The highest BCUT2D eigenvalue weighted by Gasteiger charge is 2.32. The summed E-state index contributed by atoms with van der Waals surface area (Å²) >= 11 is 6.09. The van der Waals surface area contributed by atoms with Gasteiger partial charge in [0.05, 0.1) is 18.4 Å². The first kappa shape index (κ1) is 19.1. The topological polar surface area (TPSA) is 76.1 Å². The molecule has 0 unspecified atom stereocenters. The lowest BCUT2D eigenvalue weighted by Gasteiger charge is -2.12. The van der Waals surface area contributed by atoms with Gasteiger partial charge in [-0.1, -0.05) is 30.0 Å². The Hall–Kier alpha value is -2.20. The third-order valence-electron chi connectivity index (χ3n) is 3.12. The number of rotatable bonds is 7. The summed E-state index contributed by atoms with van der Waals surface area (Å²) < 4.78 is 34.5. The molecule has 134 valence electrons. The van der Waals surface area contributed by atoms with Crippen LogP contribution in [0, 0.1) is 0 Å². The van der Waals surface area contributed by atoms with Gasteiger partial charge in [0, 0.05) is 6.54 Å². The Morgan fingerprint density at radius 2 is 2.16 bits per heavy atom. The molecule has 1 aliphatic rings. The van der Waals surface area contributed by atoms with Gasteiger partial charge in [-0.25, -0.2) is 0 Å². The smallest absolute Gasteiger partial charge is 0.387 e. The molecule has 1 heterocycles. The molecule has 0 radical (unpaired) electrons. The number of amides is 1. The number of nitrogens with zero attached hydrogens (tertiary/aromatic N) is 1. The number of alkyl halides is 2. The highest BCUT2D eigenvalue weighted by atomic mass is 32.2. The average molecular weight is 389 g/mol. The van der Waals surface area contributed by atoms with Gasteiger partial charge >= 0.3 is 12.6 Å². The van der Waals surface area contributed by atoms with Crippen LogP contribution in [0.15, 0.2) is 23.1 Å². The van der Waals surface area contributed by atoms with Crippen molar-refractivity contribution >= 4 is 46.3 Å². The van der Waals surface area contributed by atoms with Gasteiger partial charge in [0.25, 0.3) is 5.91 Å². The van der Waals surface area contributed by atoms with Crippen LogP contribution in [0.3, 0.4) is 0 Å². The predicted molar refractivity (Wildman–Crippen MR) is 91.8 cm³/mol. The van der Waals surface area contributed by atoms with Gasteiger partial charge in [0.1, 0.15) is 4.32 Å². The monoisotopic (exact) mass is 389 g/mol. The largest absolute Gasteiger partial charge is 0.493 e. The molecule has 1 fully saturated rings. The lowest BCUT2D eigenvalue weighted by atomic mass is 10.2. The Morgan fingerprint density at radius 3 is 2.76 bits per heavy atom. The minimum Gasteiger partial charge on any atom is -0.493 e. The molecule has 1 aliphatic heterocycles. The van der Waals surface area contributed by atoms with E-state index in [2.05, 4.69) is 4.74 Å². The first-order valence-corrected chi connectivity index (χ1v) is 8.14. The van der Waals surface area contributed by atoms with Gasteiger partial charge in [-0.05, 0) is 23.8 Å². The summed E-state index contributed by atoms with van der Waals surface area (Å²) in [5.41, 5.74) is 0.440. The molecule has 0 saturated carbocycles. The number of carbonyl (C=O) groups excluding carboxylic acids is 1. The number of carboxylic acid groups (broad SMARTS) is 1. The van der Waals surface area contributed by atoms with Crippen molar-refractivity contribution in [2.24, 2.45) is 0 Å². The van der Waals surface area contributed by atoms with Crippen LogP contribution in [0.4, 0.5) is 8.78 Å². The molecule has 1 amide bonds. The molecule has 1 aromatic carbocycles. The van der Waals surface area contributed by atoms with Crippen molar-refractivity contribution < 1.29 is 33.0 Å². The molecule has 1 aromatic rings. The number of hydrogen-bond acceptors (Lipinski definition) is 6. The predicted octanol–water partition coefficient (Wildman–Crippen LogP) is 2.97. The van der Waals surface area contributed by atoms with Crippen molar-refractivity contribution in [1.82, 2.24) is 4.90 Å². The van der Waals surface area contributed by atoms with E-state index in [9.17, 15) is 18.4 Å². The lowest BCUT2D eigenvalue weighted by Crippen LogP contribution is -2.30. The molecule has 10 heteroatoms. The molecule has 1 saturated heterocycles. The summed E-state index contributed by atoms with van der Waals surface area (Å²) in [6.45, 7) is -3.04. The van der Waals surface area contributed by atoms with E-state index in [1.54, 1.807) is 6.07 Å². The number of halogens is 2. The summed E-state index contributed by atoms with van der Waals surface area (Å²) in [6, 6.07) is 4.32. The second-order valence-electron chi connectivity index (χ2n) is 4.77. The minimum absolute atomic E-state index is 0.0281. The molecule has 1 N–H and O–H groups in total. The number of carboxylic acids is 1. The van der Waals surface area contributed by atoms with E-state index < -0.39 is 18.5 Å². The molecule has 0 aliphatic carbocycles. The van der Waals surface area contributed by atoms with Crippen molar-refractivity contribution in [3.63, 3.8) is 0 Å². The standard InChI is InChI=1S/C15H13F2NO5S2/c1-22-9-3-2-8(6-10(9)23-14(16)17)7-11-13(21)18(15(24)25-11)5-4-12(19)20/h2-3,6-7,14H,4-5H2,1H3,(H,19,20)/b11-7-. The number of methoxy groups -OCH3 is 1. The van der Waals surface area contributed by atoms with E-state index >= 15 is 0 Å². The van der Waals surface area contributed by atoms with Gasteiger partial charge in [-0.15, -0.1) is 0 Å². The fourth-order valence-electron chi connectivity index (χ4n) is 2.02. The second-order valence-corrected chi connectivity index (χ2v) is 6.44. The summed E-state index contributed by atoms with van der Waals surface area (Å²) in [4.78, 5) is 24.4. The first-order valence-electron chi connectivity index (χ1n) is 6.92. The highest BCUT2D eigenvalue weighted by Crippen LogP contribution is 2.35. The highest BCUT2D eigenvalue weighted by molar-refractivity contribution is 8.26. The van der Waals surface area contributed by atoms with E-state index in [1.807, 2.05) is 0 Å². The van der Waals surface area contributed by atoms with E-state index in [-0.39, 0.29) is 33.7 Å². The first-order chi connectivity index (χ1) is 11.8. The Morgan fingerprint density at radius 1 is 1.44 bits per heavy atom. The quantitative estimate of drug-likeness (QED) is 0.568. The van der Waals surface area contributed by atoms with Crippen LogP contribution in [0.1, 0.15) is 12.0 Å². The van der Waals surface area contributed by atoms with Crippen LogP contribution in [0.5, 0.6) is 11.5 Å². The molecular weight excluding hydrogens is 376 g/mol. The maximum absolute atomic E-state index is 12.5. The van der Waals surface area contributed by atoms with Crippen LogP contribution in [0.2, 0.25) is 0 Å². The Kier molecular flexibility index (Phi) is 6.32. The summed E-state index contributed by atoms with van der Waals surface area (Å²) in [7, 11) is 1.32. The Labute approximate surface area is 151 Å². The molecular formula is C15H13F2NO5S2. The van der Waals surface area contributed by atoms with Gasteiger partial charge in [0.15, 0.2) is 11.5 Å². The molecule has 25 heavy (non-hydrogen) atoms. The Balaban J connectivity index is 2.23. The number of carbonyl (C=O) groups is 2. The number of hydrogen-bond donors (Lipinski definition) is 1. The van der Waals surface area contributed by atoms with Gasteiger partial charge in [-0.3, -0.25) is 14.5 Å². The van der Waals surface area contributed by atoms with Crippen molar-refractivity contribution in [2.75, 3.05) is 13.7 Å². The molecule has 0 atom stereocenters. The lowest BCUT2D eigenvalue weighted by molar-refractivity contribution is -0.137. The average Bonchev–Trinajstić information content (AvgIpc) is 2.79. The minimum atomic E-state index is -3.02. The van der Waals surface area contributed by atoms with Crippen molar-refractivity contribution in [3.05, 3.63) is 28.7 Å². The molecule has 2 rings (SSSR count). The zero-order valence-electron chi connectivity index (χ0n) is 12.9. The van der Waals surface area contributed by atoms with Gasteiger partial charge < -0.3 is 14.6 Å². The molecule has 0 bridgehead atoms. The SMILES string of the molecule is COc1ccc(/C=C2\SC(=S)N(CCC(=O)O)C2=O)cc1OC(F)F. The molecule has 0 spiro atoms. The number of aliphatic carboxylic acids is 1. The Bertz CT molecular complexity index is 739. The van der Waals surface area contributed by atoms with Crippen molar-refractivity contribution in [3.8, 4) is 11.5 Å². The second kappa shape index (κ2) is 8.26. The summed E-state index contributed by atoms with van der Waals surface area (Å²) in [5.74, 6) is -1.50. The number of benzene rings is 1. The number of thiocarbonyl (C=S) groups is 1. The summed E-state index contributed by atoms with van der Waals surface area (Å²) in [5, 5.41) is 8.71. The normalized spacial score (nSPS) is 16.0. The fourth-order valence-corrected chi connectivity index (χ4v) is 3.33. The van der Waals surface area contributed by atoms with Crippen molar-refractivity contribution in [2.45, 2.75) is 13.0 Å². The van der Waals surface area contributed by atoms with Crippen LogP contribution in [0.25, 0.3) is 6.08 Å².